The van der Waals surface area contributed by atoms with Crippen LogP contribution in [0.1, 0.15) is 18.4 Å². The quantitative estimate of drug-likeness (QED) is 0.722. The van der Waals surface area contributed by atoms with Crippen LogP contribution in [0, 0.1) is 0 Å². The summed E-state index contributed by atoms with van der Waals surface area (Å²) in [6, 6.07) is 6.33. The zero-order valence-electron chi connectivity index (χ0n) is 10.6. The van der Waals surface area contributed by atoms with E-state index in [1.165, 1.54) is 19.2 Å². The highest BCUT2D eigenvalue weighted by Gasteiger charge is 2.11. The van der Waals surface area contributed by atoms with E-state index in [4.69, 9.17) is 0 Å². The Bertz CT molecular complexity index is 527. The van der Waals surface area contributed by atoms with Gasteiger partial charge in [0.1, 0.15) is 5.75 Å². The van der Waals surface area contributed by atoms with Crippen LogP contribution in [-0.2, 0) is 26.1 Å². The lowest BCUT2D eigenvalue weighted by molar-refractivity contribution is -0.140. The molecule has 0 saturated carbocycles. The van der Waals surface area contributed by atoms with E-state index >= 15 is 0 Å². The van der Waals surface area contributed by atoms with E-state index in [9.17, 15) is 18.3 Å². The lowest BCUT2D eigenvalue weighted by Gasteiger charge is -2.06. The average molecular weight is 287 g/mol. The molecule has 19 heavy (non-hydrogen) atoms. The van der Waals surface area contributed by atoms with E-state index in [1.54, 1.807) is 12.1 Å². The maximum atomic E-state index is 11.6. The van der Waals surface area contributed by atoms with Gasteiger partial charge in [0.05, 0.1) is 12.9 Å². The lowest BCUT2D eigenvalue weighted by Crippen LogP contribution is -2.26. The van der Waals surface area contributed by atoms with E-state index in [0.717, 1.165) is 0 Å². The van der Waals surface area contributed by atoms with Crippen molar-refractivity contribution in [2.24, 2.45) is 0 Å². The molecule has 0 radical (unpaired) electrons. The third-order valence-corrected chi connectivity index (χ3v) is 3.84. The van der Waals surface area contributed by atoms with Gasteiger partial charge in [-0.1, -0.05) is 12.1 Å². The van der Waals surface area contributed by atoms with Crippen LogP contribution in [0.25, 0.3) is 0 Å². The smallest absolute Gasteiger partial charge is 0.305 e. The molecule has 0 unspecified atom stereocenters. The minimum Gasteiger partial charge on any atom is -0.508 e. The first-order chi connectivity index (χ1) is 8.93. The molecule has 1 aromatic rings. The summed E-state index contributed by atoms with van der Waals surface area (Å²) in [7, 11) is -2.18. The van der Waals surface area contributed by atoms with E-state index < -0.39 is 16.0 Å². The molecule has 1 rings (SSSR count). The average Bonchev–Trinajstić information content (AvgIpc) is 2.36. The Morgan fingerprint density at radius 2 is 2.16 bits per heavy atom. The SMILES string of the molecule is COC(=O)CCCS(=O)(=O)NCc1cccc(O)c1. The number of rotatable bonds is 7. The van der Waals surface area contributed by atoms with Gasteiger partial charge in [-0.05, 0) is 24.1 Å². The van der Waals surface area contributed by atoms with Gasteiger partial charge in [0.15, 0.2) is 0 Å². The molecule has 0 aromatic heterocycles. The van der Waals surface area contributed by atoms with Crippen molar-refractivity contribution in [2.75, 3.05) is 12.9 Å². The Labute approximate surface area is 112 Å². The summed E-state index contributed by atoms with van der Waals surface area (Å²) in [6.07, 6.45) is 0.283. The Morgan fingerprint density at radius 3 is 2.79 bits per heavy atom. The van der Waals surface area contributed by atoms with Gasteiger partial charge in [-0.3, -0.25) is 4.79 Å². The van der Waals surface area contributed by atoms with Crippen molar-refractivity contribution in [2.45, 2.75) is 19.4 Å². The predicted molar refractivity (Wildman–Crippen MR) is 70.0 cm³/mol. The van der Waals surface area contributed by atoms with Crippen molar-refractivity contribution in [1.82, 2.24) is 4.72 Å². The zero-order chi connectivity index (χ0) is 14.3. The molecule has 0 amide bonds. The standard InChI is InChI=1S/C12H17NO5S/c1-18-12(15)6-3-7-19(16,17)13-9-10-4-2-5-11(14)8-10/h2,4-5,8,13-14H,3,6-7,9H2,1H3. The van der Waals surface area contributed by atoms with Crippen LogP contribution in [-0.4, -0.2) is 32.4 Å². The summed E-state index contributed by atoms with van der Waals surface area (Å²) in [4.78, 5) is 10.8. The number of hydrogen-bond donors (Lipinski definition) is 2. The molecule has 0 bridgehead atoms. The highest BCUT2D eigenvalue weighted by molar-refractivity contribution is 7.89. The molecule has 106 valence electrons. The Morgan fingerprint density at radius 1 is 1.42 bits per heavy atom. The number of carbonyl (C=O) groups is 1. The normalized spacial score (nSPS) is 11.2. The number of phenols is 1. The van der Waals surface area contributed by atoms with Gasteiger partial charge >= 0.3 is 5.97 Å². The van der Waals surface area contributed by atoms with Crippen molar-refractivity contribution in [3.05, 3.63) is 29.8 Å². The van der Waals surface area contributed by atoms with E-state index in [2.05, 4.69) is 9.46 Å². The van der Waals surface area contributed by atoms with Crippen molar-refractivity contribution in [3.63, 3.8) is 0 Å². The van der Waals surface area contributed by atoms with Gasteiger partial charge in [-0.15, -0.1) is 0 Å². The number of methoxy groups -OCH3 is 1. The van der Waals surface area contributed by atoms with Crippen LogP contribution in [0.4, 0.5) is 0 Å². The summed E-state index contributed by atoms with van der Waals surface area (Å²) < 4.78 is 30.1. The molecule has 0 atom stereocenters. The summed E-state index contributed by atoms with van der Waals surface area (Å²) >= 11 is 0. The first-order valence-corrected chi connectivity index (χ1v) is 7.40. The maximum Gasteiger partial charge on any atom is 0.305 e. The fraction of sp³-hybridized carbons (Fsp3) is 0.417. The molecule has 6 nitrogen and oxygen atoms in total. The highest BCUT2D eigenvalue weighted by atomic mass is 32.2. The van der Waals surface area contributed by atoms with Gasteiger partial charge in [-0.25, -0.2) is 13.1 Å². The highest BCUT2D eigenvalue weighted by Crippen LogP contribution is 2.10. The molecular weight excluding hydrogens is 270 g/mol. The number of benzene rings is 1. The number of ether oxygens (including phenoxy) is 1. The van der Waals surface area contributed by atoms with Crippen molar-refractivity contribution < 1.29 is 23.1 Å². The van der Waals surface area contributed by atoms with E-state index in [1.807, 2.05) is 0 Å². The minimum absolute atomic E-state index is 0.0730. The molecule has 0 aliphatic rings. The first kappa shape index (κ1) is 15.5. The number of esters is 1. The van der Waals surface area contributed by atoms with E-state index in [0.29, 0.717) is 5.56 Å². The third-order valence-electron chi connectivity index (χ3n) is 2.43. The van der Waals surface area contributed by atoms with Crippen LogP contribution in [0.2, 0.25) is 0 Å². The third kappa shape index (κ3) is 6.21. The maximum absolute atomic E-state index is 11.6. The van der Waals surface area contributed by atoms with Crippen molar-refractivity contribution in [1.29, 1.82) is 0 Å². The zero-order valence-corrected chi connectivity index (χ0v) is 11.4. The molecule has 0 fully saturated rings. The Balaban J connectivity index is 2.40. The van der Waals surface area contributed by atoms with Crippen molar-refractivity contribution >= 4 is 16.0 Å². The molecule has 1 aromatic carbocycles. The molecule has 0 saturated heterocycles. The second kappa shape index (κ2) is 7.10. The largest absolute Gasteiger partial charge is 0.508 e. The van der Waals surface area contributed by atoms with E-state index in [-0.39, 0.29) is 30.9 Å². The van der Waals surface area contributed by atoms with Crippen LogP contribution >= 0.6 is 0 Å². The summed E-state index contributed by atoms with van der Waals surface area (Å²) in [5, 5.41) is 9.24. The van der Waals surface area contributed by atoms with Gasteiger partial charge in [0.2, 0.25) is 10.0 Å². The van der Waals surface area contributed by atoms with Gasteiger partial charge in [-0.2, -0.15) is 0 Å². The summed E-state index contributed by atoms with van der Waals surface area (Å²) in [5.74, 6) is -0.480. The molecule has 7 heteroatoms. The number of aromatic hydroxyl groups is 1. The minimum atomic E-state index is -3.44. The van der Waals surface area contributed by atoms with Crippen LogP contribution < -0.4 is 4.72 Å². The lowest BCUT2D eigenvalue weighted by atomic mass is 10.2. The first-order valence-electron chi connectivity index (χ1n) is 5.75. The fourth-order valence-electron chi connectivity index (χ4n) is 1.44. The second-order valence-electron chi connectivity index (χ2n) is 3.99. The topological polar surface area (TPSA) is 92.7 Å². The molecular formula is C12H17NO5S. The van der Waals surface area contributed by atoms with Crippen LogP contribution in [0.3, 0.4) is 0 Å². The number of sulfonamides is 1. The second-order valence-corrected chi connectivity index (χ2v) is 5.92. The molecule has 0 aliphatic heterocycles. The molecule has 0 spiro atoms. The molecule has 0 aliphatic carbocycles. The molecule has 0 heterocycles. The summed E-state index contributed by atoms with van der Waals surface area (Å²) in [5.41, 5.74) is 0.663. The van der Waals surface area contributed by atoms with Gasteiger partial charge in [0.25, 0.3) is 0 Å². The fourth-order valence-corrected chi connectivity index (χ4v) is 2.50. The van der Waals surface area contributed by atoms with Crippen LogP contribution in [0.15, 0.2) is 24.3 Å². The monoisotopic (exact) mass is 287 g/mol. The predicted octanol–water partition coefficient (Wildman–Crippen LogP) is 0.765. The molecule has 2 N–H and O–H groups in total. The Kier molecular flexibility index (Phi) is 5.78. The number of hydrogen-bond acceptors (Lipinski definition) is 5. The van der Waals surface area contributed by atoms with Crippen molar-refractivity contribution in [3.8, 4) is 5.75 Å². The number of carbonyl (C=O) groups excluding carboxylic acids is 1. The Hall–Kier alpha value is -1.60. The summed E-state index contributed by atoms with van der Waals surface area (Å²) in [6.45, 7) is 0.106. The van der Waals surface area contributed by atoms with Crippen LogP contribution in [0.5, 0.6) is 5.75 Å². The van der Waals surface area contributed by atoms with Gasteiger partial charge in [0, 0.05) is 13.0 Å². The van der Waals surface area contributed by atoms with Gasteiger partial charge < -0.3 is 9.84 Å². The number of nitrogens with one attached hydrogen (secondary N) is 1. The number of phenolic OH excluding ortho intramolecular Hbond substituents is 1.